The van der Waals surface area contributed by atoms with Crippen LogP contribution < -0.4 is 10.6 Å². The number of pyridine rings is 1. The third-order valence-electron chi connectivity index (χ3n) is 4.45. The summed E-state index contributed by atoms with van der Waals surface area (Å²) in [5.74, 6) is -2.48. The number of anilines is 1. The molecule has 158 valence electrons. The van der Waals surface area contributed by atoms with Crippen LogP contribution in [0.2, 0.25) is 0 Å². The number of nitrogens with zero attached hydrogens (tertiary/aromatic N) is 1. The van der Waals surface area contributed by atoms with Crippen molar-refractivity contribution in [2.24, 2.45) is 0 Å². The van der Waals surface area contributed by atoms with E-state index in [0.717, 1.165) is 29.0 Å². The van der Waals surface area contributed by atoms with Crippen LogP contribution in [0, 0.1) is 0 Å². The van der Waals surface area contributed by atoms with Gasteiger partial charge in [0.1, 0.15) is 11.6 Å². The molecule has 0 saturated heterocycles. The van der Waals surface area contributed by atoms with Crippen molar-refractivity contribution in [3.8, 4) is 16.9 Å². The molecule has 0 atom stereocenters. The normalized spacial score (nSPS) is 10.3. The van der Waals surface area contributed by atoms with Crippen LogP contribution in [-0.4, -0.2) is 33.0 Å². The zero-order chi connectivity index (χ0) is 22.2. The molecule has 0 radical (unpaired) electrons. The Morgan fingerprint density at radius 1 is 0.903 bits per heavy atom. The number of carboxylic acid groups (broad SMARTS) is 1. The summed E-state index contributed by atoms with van der Waals surface area (Å²) in [5.41, 5.74) is 2.95. The van der Waals surface area contributed by atoms with Crippen LogP contribution in [0.4, 0.5) is 5.82 Å². The average Bonchev–Trinajstić information content (AvgIpc) is 2.77. The zero-order valence-electron chi connectivity index (χ0n) is 16.5. The van der Waals surface area contributed by atoms with E-state index < -0.39 is 17.8 Å². The number of carboxylic acids is 1. The number of hydrogen-bond acceptors (Lipinski definition) is 5. The minimum absolute atomic E-state index is 0.0278. The minimum Gasteiger partial charge on any atom is -0.507 e. The lowest BCUT2D eigenvalue weighted by atomic mass is 10.0. The second kappa shape index (κ2) is 10.0. The van der Waals surface area contributed by atoms with Crippen molar-refractivity contribution < 1.29 is 24.6 Å². The van der Waals surface area contributed by atoms with Gasteiger partial charge in [0, 0.05) is 25.2 Å². The van der Waals surface area contributed by atoms with E-state index in [0.29, 0.717) is 0 Å². The highest BCUT2D eigenvalue weighted by Crippen LogP contribution is 2.21. The number of aromatic nitrogens is 1. The summed E-state index contributed by atoms with van der Waals surface area (Å²) in [6, 6.07) is 18.8. The van der Waals surface area contributed by atoms with Crippen LogP contribution in [0.15, 0.2) is 66.9 Å². The monoisotopic (exact) mass is 419 g/mol. The molecular formula is C23H21N3O5. The molecule has 4 N–H and O–H groups in total. The summed E-state index contributed by atoms with van der Waals surface area (Å²) >= 11 is 0. The molecule has 0 bridgehead atoms. The van der Waals surface area contributed by atoms with Gasteiger partial charge in [-0.25, -0.2) is 4.98 Å². The predicted octanol–water partition coefficient (Wildman–Crippen LogP) is 3.19. The summed E-state index contributed by atoms with van der Waals surface area (Å²) in [7, 11) is 0. The largest absolute Gasteiger partial charge is 0.507 e. The summed E-state index contributed by atoms with van der Waals surface area (Å²) < 4.78 is 0. The van der Waals surface area contributed by atoms with Gasteiger partial charge in [-0.2, -0.15) is 0 Å². The maximum absolute atomic E-state index is 12.4. The molecule has 1 aromatic heterocycles. The second-order valence-electron chi connectivity index (χ2n) is 6.78. The number of hydrogen-bond donors (Lipinski definition) is 4. The first kappa shape index (κ1) is 21.5. The van der Waals surface area contributed by atoms with Crippen LogP contribution >= 0.6 is 0 Å². The highest BCUT2D eigenvalue weighted by molar-refractivity contribution is 5.97. The van der Waals surface area contributed by atoms with Crippen LogP contribution in [0.5, 0.6) is 5.75 Å². The number of aromatic hydroxyl groups is 1. The van der Waals surface area contributed by atoms with E-state index in [-0.39, 0.29) is 36.5 Å². The van der Waals surface area contributed by atoms with Gasteiger partial charge < -0.3 is 20.8 Å². The van der Waals surface area contributed by atoms with Crippen molar-refractivity contribution in [3.05, 3.63) is 78.0 Å². The molecule has 0 spiro atoms. The van der Waals surface area contributed by atoms with Gasteiger partial charge in [-0.05, 0) is 22.8 Å². The predicted molar refractivity (Wildman–Crippen MR) is 114 cm³/mol. The molecule has 0 fully saturated rings. The molecule has 3 aromatic rings. The lowest BCUT2D eigenvalue weighted by Crippen LogP contribution is -2.23. The van der Waals surface area contributed by atoms with Crippen LogP contribution in [0.3, 0.4) is 0 Å². The number of aliphatic carboxylic acids is 1. The average molecular weight is 419 g/mol. The number of amides is 2. The zero-order valence-corrected chi connectivity index (χ0v) is 16.5. The Bertz CT molecular complexity index is 1100. The fourth-order valence-corrected chi connectivity index (χ4v) is 2.88. The molecule has 0 unspecified atom stereocenters. The van der Waals surface area contributed by atoms with E-state index in [1.807, 2.05) is 54.6 Å². The summed E-state index contributed by atoms with van der Waals surface area (Å²) in [6.45, 7) is 0.257. The molecule has 8 nitrogen and oxygen atoms in total. The maximum Gasteiger partial charge on any atom is 0.303 e. The van der Waals surface area contributed by atoms with Gasteiger partial charge in [-0.1, -0.05) is 48.5 Å². The van der Waals surface area contributed by atoms with Crippen LogP contribution in [0.25, 0.3) is 11.1 Å². The standard InChI is InChI=1S/C23H21N3O5/c27-19-12-20(26-21(28)9-10-22(29)30)24-14-18(19)23(31)25-13-15-5-4-8-17(11-15)16-6-2-1-3-7-16/h1-8,11-12,14H,9-10,13H2,(H,25,31)(H,29,30)(H2,24,26,27,28). The van der Waals surface area contributed by atoms with Gasteiger partial charge in [0.15, 0.2) is 0 Å². The smallest absolute Gasteiger partial charge is 0.303 e. The number of nitrogens with one attached hydrogen (secondary N) is 2. The summed E-state index contributed by atoms with van der Waals surface area (Å²) in [4.78, 5) is 38.5. The van der Waals surface area contributed by atoms with E-state index >= 15 is 0 Å². The van der Waals surface area contributed by atoms with Crippen molar-refractivity contribution in [2.45, 2.75) is 19.4 Å². The number of benzene rings is 2. The Morgan fingerprint density at radius 3 is 2.35 bits per heavy atom. The summed E-state index contributed by atoms with van der Waals surface area (Å²) in [6.07, 6.45) is 0.615. The molecule has 0 aliphatic heterocycles. The van der Waals surface area contributed by atoms with Gasteiger partial charge in [-0.3, -0.25) is 14.4 Å². The molecule has 8 heteroatoms. The topological polar surface area (TPSA) is 129 Å². The first-order valence-electron chi connectivity index (χ1n) is 9.55. The van der Waals surface area contributed by atoms with Crippen molar-refractivity contribution in [2.75, 3.05) is 5.32 Å². The van der Waals surface area contributed by atoms with Gasteiger partial charge >= 0.3 is 5.97 Å². The van der Waals surface area contributed by atoms with Crippen LogP contribution in [0.1, 0.15) is 28.8 Å². The Balaban J connectivity index is 1.61. The van der Waals surface area contributed by atoms with Gasteiger partial charge in [-0.15, -0.1) is 0 Å². The van der Waals surface area contributed by atoms with Crippen molar-refractivity contribution in [1.82, 2.24) is 10.3 Å². The van der Waals surface area contributed by atoms with E-state index in [1.165, 1.54) is 0 Å². The quantitative estimate of drug-likeness (QED) is 0.444. The molecule has 1 heterocycles. The third kappa shape index (κ3) is 6.14. The number of carbonyl (C=O) groups is 3. The van der Waals surface area contributed by atoms with E-state index in [2.05, 4.69) is 15.6 Å². The number of carbonyl (C=O) groups excluding carboxylic acids is 2. The van der Waals surface area contributed by atoms with Gasteiger partial charge in [0.2, 0.25) is 5.91 Å². The first-order valence-corrected chi connectivity index (χ1v) is 9.55. The van der Waals surface area contributed by atoms with Crippen molar-refractivity contribution in [3.63, 3.8) is 0 Å². The minimum atomic E-state index is -1.09. The van der Waals surface area contributed by atoms with E-state index in [9.17, 15) is 19.5 Å². The Labute approximate surface area is 178 Å². The molecule has 3 rings (SSSR count). The van der Waals surface area contributed by atoms with Gasteiger partial charge in [0.25, 0.3) is 5.91 Å². The lowest BCUT2D eigenvalue weighted by Gasteiger charge is -2.10. The maximum atomic E-state index is 12.4. The highest BCUT2D eigenvalue weighted by Gasteiger charge is 2.14. The van der Waals surface area contributed by atoms with E-state index in [1.54, 1.807) is 0 Å². The Kier molecular flexibility index (Phi) is 6.95. The Morgan fingerprint density at radius 2 is 1.65 bits per heavy atom. The third-order valence-corrected chi connectivity index (χ3v) is 4.45. The van der Waals surface area contributed by atoms with Crippen molar-refractivity contribution >= 4 is 23.6 Å². The highest BCUT2D eigenvalue weighted by atomic mass is 16.4. The molecule has 0 aliphatic rings. The second-order valence-corrected chi connectivity index (χ2v) is 6.78. The van der Waals surface area contributed by atoms with Gasteiger partial charge in [0.05, 0.1) is 12.0 Å². The molecule has 2 aromatic carbocycles. The molecule has 0 aliphatic carbocycles. The first-order chi connectivity index (χ1) is 14.9. The number of rotatable bonds is 8. The Hall–Kier alpha value is -4.20. The fraction of sp³-hybridized carbons (Fsp3) is 0.130. The molecule has 0 saturated carbocycles. The molecular weight excluding hydrogens is 398 g/mol. The lowest BCUT2D eigenvalue weighted by molar-refractivity contribution is -0.138. The van der Waals surface area contributed by atoms with Crippen LogP contribution in [-0.2, 0) is 16.1 Å². The molecule has 31 heavy (non-hydrogen) atoms. The molecule has 2 amide bonds. The SMILES string of the molecule is O=C(O)CCC(=O)Nc1cc(O)c(C(=O)NCc2cccc(-c3ccccc3)c2)cn1. The van der Waals surface area contributed by atoms with Crippen molar-refractivity contribution in [1.29, 1.82) is 0 Å². The summed E-state index contributed by atoms with van der Waals surface area (Å²) in [5, 5.41) is 23.8. The fourth-order valence-electron chi connectivity index (χ4n) is 2.88. The van der Waals surface area contributed by atoms with E-state index in [4.69, 9.17) is 5.11 Å².